The molecule has 33 heavy (non-hydrogen) atoms. The van der Waals surface area contributed by atoms with Crippen LogP contribution < -0.4 is 56.8 Å². The van der Waals surface area contributed by atoms with Gasteiger partial charge >= 0.3 is 51.4 Å². The van der Waals surface area contributed by atoms with Gasteiger partial charge in [0, 0.05) is 0 Å². The van der Waals surface area contributed by atoms with Crippen molar-refractivity contribution in [3.63, 3.8) is 0 Å². The molecule has 2 heteroatoms. The Morgan fingerprint density at radius 3 is 1.48 bits per heavy atom. The van der Waals surface area contributed by atoms with Crippen molar-refractivity contribution in [1.29, 1.82) is 0 Å². The minimum absolute atomic E-state index is 0. The van der Waals surface area contributed by atoms with Gasteiger partial charge in [-0.25, -0.2) is 0 Å². The van der Waals surface area contributed by atoms with Crippen molar-refractivity contribution in [2.75, 3.05) is 0 Å². The third-order valence-corrected chi connectivity index (χ3v) is 6.25. The molecule has 0 heterocycles. The first kappa shape index (κ1) is 23.9. The molecule has 0 N–H and O–H groups in total. The van der Waals surface area contributed by atoms with E-state index in [9.17, 15) is 0 Å². The van der Waals surface area contributed by atoms with Crippen LogP contribution in [-0.4, -0.2) is 7.85 Å². The second kappa shape index (κ2) is 9.97. The maximum Gasteiger partial charge on any atom is 1.00 e. The Balaban J connectivity index is 0.00000130. The van der Waals surface area contributed by atoms with Crippen molar-refractivity contribution < 1.29 is 51.4 Å². The normalized spacial score (nSPS) is 10.7. The van der Waals surface area contributed by atoms with Gasteiger partial charge in [-0.3, -0.25) is 0 Å². The first-order valence-corrected chi connectivity index (χ1v) is 10.6. The molecular weight excluding hydrogens is 422 g/mol. The number of hydrogen-bond donors (Lipinski definition) is 0. The maximum atomic E-state index is 6.55. The first-order chi connectivity index (χ1) is 15.3. The number of benzene rings is 6. The molecule has 6 rings (SSSR count). The molecule has 0 saturated heterocycles. The maximum absolute atomic E-state index is 6.55. The summed E-state index contributed by atoms with van der Waals surface area (Å²) in [5.41, 5.74) is 5.78. The van der Waals surface area contributed by atoms with E-state index < -0.39 is 0 Å². The average molecular weight is 444 g/mol. The standard InChI is InChI=1S/C30H19B.CH3.K/c31-30-27-13-5-3-11-25(27)29(26-12-4-6-14-28(26)30)22-18-16-21(17-19-22)24-15-7-9-20-8-1-2-10-23(20)24;;/h1-19H;1H3;/q;-1;+1. The van der Waals surface area contributed by atoms with Crippen LogP contribution >= 0.6 is 0 Å². The Labute approximate surface area is 239 Å². The fourth-order valence-corrected chi connectivity index (χ4v) is 4.77. The smallest absolute Gasteiger partial charge is 0.358 e. The molecule has 0 spiro atoms. The quantitative estimate of drug-likeness (QED) is 0.206. The predicted octanol–water partition coefficient (Wildman–Crippen LogP) is 4.73. The van der Waals surface area contributed by atoms with Gasteiger partial charge in [-0.15, -0.1) is 0 Å². The zero-order valence-corrected chi connectivity index (χ0v) is 22.2. The summed E-state index contributed by atoms with van der Waals surface area (Å²) in [5.74, 6) is 0. The molecule has 0 aliphatic heterocycles. The summed E-state index contributed by atoms with van der Waals surface area (Å²) in [6.45, 7) is 0. The van der Waals surface area contributed by atoms with Crippen molar-refractivity contribution in [2.24, 2.45) is 0 Å². The monoisotopic (exact) mass is 444 g/mol. The SMILES string of the molecule is [B]c1c2ccccc2c(-c2ccc(-c3cccc4ccccc34)cc2)c2ccccc12.[CH3-].[K+]. The van der Waals surface area contributed by atoms with Crippen LogP contribution in [0.1, 0.15) is 0 Å². The van der Waals surface area contributed by atoms with Gasteiger partial charge in [0.1, 0.15) is 7.85 Å². The summed E-state index contributed by atoms with van der Waals surface area (Å²) in [7, 11) is 6.55. The van der Waals surface area contributed by atoms with Gasteiger partial charge < -0.3 is 7.43 Å². The van der Waals surface area contributed by atoms with E-state index >= 15 is 0 Å². The molecule has 6 aromatic carbocycles. The van der Waals surface area contributed by atoms with Gasteiger partial charge in [0.05, 0.1) is 0 Å². The molecule has 0 saturated carbocycles. The first-order valence-electron chi connectivity index (χ1n) is 10.6. The van der Waals surface area contributed by atoms with E-state index in [2.05, 4.69) is 115 Å². The molecule has 2 radical (unpaired) electrons. The number of rotatable bonds is 2. The van der Waals surface area contributed by atoms with Crippen LogP contribution in [0.3, 0.4) is 0 Å². The molecule has 0 amide bonds. The second-order valence-electron chi connectivity index (χ2n) is 7.98. The fraction of sp³-hybridized carbons (Fsp3) is 0. The molecule has 0 fully saturated rings. The third kappa shape index (κ3) is 4.12. The largest absolute Gasteiger partial charge is 1.00 e. The topological polar surface area (TPSA) is 0 Å². The zero-order chi connectivity index (χ0) is 20.8. The molecule has 0 aliphatic carbocycles. The van der Waals surface area contributed by atoms with Crippen molar-refractivity contribution in [2.45, 2.75) is 0 Å². The third-order valence-electron chi connectivity index (χ3n) is 6.25. The summed E-state index contributed by atoms with van der Waals surface area (Å²) >= 11 is 0. The van der Waals surface area contributed by atoms with Crippen molar-refractivity contribution in [1.82, 2.24) is 0 Å². The molecular formula is C31H22BK. The van der Waals surface area contributed by atoms with Crippen LogP contribution in [-0.2, 0) is 0 Å². The number of hydrogen-bond acceptors (Lipinski definition) is 0. The Bertz CT molecular complexity index is 1520. The molecule has 0 aliphatic rings. The second-order valence-corrected chi connectivity index (χ2v) is 7.98. The van der Waals surface area contributed by atoms with E-state index in [4.69, 9.17) is 7.85 Å². The van der Waals surface area contributed by atoms with E-state index in [-0.39, 0.29) is 58.8 Å². The summed E-state index contributed by atoms with van der Waals surface area (Å²) in [4.78, 5) is 0. The zero-order valence-electron chi connectivity index (χ0n) is 19.0. The van der Waals surface area contributed by atoms with Crippen LogP contribution in [0.4, 0.5) is 0 Å². The van der Waals surface area contributed by atoms with Crippen LogP contribution in [0.2, 0.25) is 0 Å². The van der Waals surface area contributed by atoms with E-state index in [1.54, 1.807) is 0 Å². The molecule has 0 atom stereocenters. The summed E-state index contributed by atoms with van der Waals surface area (Å²) in [6.07, 6.45) is 0. The molecule has 0 aromatic heterocycles. The number of fused-ring (bicyclic) bond motifs is 3. The molecule has 0 nitrogen and oxygen atoms in total. The van der Waals surface area contributed by atoms with E-state index in [0.29, 0.717) is 0 Å². The molecule has 0 bridgehead atoms. The van der Waals surface area contributed by atoms with Crippen molar-refractivity contribution >= 4 is 45.6 Å². The Kier molecular flexibility index (Phi) is 7.23. The minimum atomic E-state index is 0. The molecule has 0 unspecified atom stereocenters. The Morgan fingerprint density at radius 1 is 0.424 bits per heavy atom. The van der Waals surface area contributed by atoms with Gasteiger partial charge in [0.15, 0.2) is 0 Å². The average Bonchev–Trinajstić information content (AvgIpc) is 2.84. The Morgan fingerprint density at radius 2 is 0.879 bits per heavy atom. The van der Waals surface area contributed by atoms with Crippen LogP contribution in [0.5, 0.6) is 0 Å². The van der Waals surface area contributed by atoms with E-state index in [1.165, 1.54) is 43.8 Å². The van der Waals surface area contributed by atoms with Gasteiger partial charge in [0.25, 0.3) is 0 Å². The summed E-state index contributed by atoms with van der Waals surface area (Å²) < 4.78 is 0. The predicted molar refractivity (Wildman–Crippen MR) is 142 cm³/mol. The molecule has 6 aromatic rings. The minimum Gasteiger partial charge on any atom is -0.358 e. The van der Waals surface area contributed by atoms with Gasteiger partial charge in [-0.1, -0.05) is 121 Å². The fourth-order valence-electron chi connectivity index (χ4n) is 4.77. The van der Waals surface area contributed by atoms with Crippen LogP contribution in [0.25, 0.3) is 54.6 Å². The van der Waals surface area contributed by atoms with Gasteiger partial charge in [-0.2, -0.15) is 0 Å². The van der Waals surface area contributed by atoms with E-state index in [0.717, 1.165) is 16.2 Å². The summed E-state index contributed by atoms with van der Waals surface area (Å²) in [6, 6.07) is 40.9. The van der Waals surface area contributed by atoms with Crippen LogP contribution in [0, 0.1) is 7.43 Å². The van der Waals surface area contributed by atoms with Crippen molar-refractivity contribution in [3.05, 3.63) is 123 Å². The molecule has 150 valence electrons. The van der Waals surface area contributed by atoms with Crippen LogP contribution in [0.15, 0.2) is 115 Å². The van der Waals surface area contributed by atoms with Gasteiger partial charge in [-0.05, 0) is 54.6 Å². The summed E-state index contributed by atoms with van der Waals surface area (Å²) in [5, 5.41) is 7.14. The van der Waals surface area contributed by atoms with Gasteiger partial charge in [0.2, 0.25) is 0 Å². The Hall–Kier alpha value is -2.20. The van der Waals surface area contributed by atoms with Crippen molar-refractivity contribution in [3.8, 4) is 22.3 Å². The van der Waals surface area contributed by atoms with E-state index in [1.807, 2.05) is 0 Å².